The van der Waals surface area contributed by atoms with E-state index in [0.29, 0.717) is 23.4 Å². The van der Waals surface area contributed by atoms with Gasteiger partial charge in [-0.15, -0.1) is 0 Å². The Labute approximate surface area is 220 Å². The third-order valence-corrected chi connectivity index (χ3v) is 6.54. The van der Waals surface area contributed by atoms with Crippen molar-refractivity contribution in [3.8, 4) is 0 Å². The molecule has 184 valence electrons. The minimum absolute atomic E-state index is 0.155. The van der Waals surface area contributed by atoms with E-state index in [0.717, 1.165) is 25.8 Å². The number of carbonyl (C=O) groups excluding carboxylic acids is 4. The van der Waals surface area contributed by atoms with E-state index >= 15 is 0 Å². The first-order valence-electron chi connectivity index (χ1n) is 11.3. The number of carbonyl (C=O) groups is 4. The molecule has 0 radical (unpaired) electrons. The largest absolute Gasteiger partial charge is 0.465 e. The van der Waals surface area contributed by atoms with Crippen LogP contribution in [0.2, 0.25) is 0 Å². The summed E-state index contributed by atoms with van der Waals surface area (Å²) in [5, 5.41) is 3.08. The number of hydrogen-bond donors (Lipinski definition) is 1. The molecule has 37 heavy (non-hydrogen) atoms. The van der Waals surface area contributed by atoms with E-state index in [1.165, 1.54) is 13.2 Å². The molecule has 3 aromatic carbocycles. The maximum Gasteiger partial charge on any atom is 0.337 e. The number of fused-ring (bicyclic) bond motifs is 1. The van der Waals surface area contributed by atoms with Crippen molar-refractivity contribution in [1.82, 2.24) is 9.88 Å². The molecule has 2 heterocycles. The molecule has 4 aromatic rings. The first kappa shape index (κ1) is 24.2. The van der Waals surface area contributed by atoms with E-state index in [4.69, 9.17) is 4.74 Å². The lowest BCUT2D eigenvalue weighted by Gasteiger charge is -2.26. The number of halogens is 1. The van der Waals surface area contributed by atoms with Crippen molar-refractivity contribution in [2.45, 2.75) is 6.54 Å². The summed E-state index contributed by atoms with van der Waals surface area (Å²) in [5.41, 5.74) is 3.03. The SMILES string of the molecule is COC(=O)c1cccc(Cn2cc(/C=C3\C(=O)NC(=O)N(c4ccc(Br)cc4)C3=O)c3ccccc32)c1. The normalized spacial score (nSPS) is 14.8. The molecule has 0 saturated carbocycles. The second-order valence-electron chi connectivity index (χ2n) is 8.36. The maximum atomic E-state index is 13.3. The van der Waals surface area contributed by atoms with Crippen LogP contribution in [0.15, 0.2) is 89.0 Å². The summed E-state index contributed by atoms with van der Waals surface area (Å²) in [6.07, 6.45) is 3.34. The molecule has 0 atom stereocenters. The molecule has 1 fully saturated rings. The van der Waals surface area contributed by atoms with Crippen molar-refractivity contribution in [3.63, 3.8) is 0 Å². The Kier molecular flexibility index (Phi) is 6.45. The fraction of sp³-hybridized carbons (Fsp3) is 0.0714. The van der Waals surface area contributed by atoms with Crippen LogP contribution >= 0.6 is 15.9 Å². The summed E-state index contributed by atoms with van der Waals surface area (Å²) in [7, 11) is 1.34. The molecule has 1 aliphatic rings. The molecule has 5 rings (SSSR count). The lowest BCUT2D eigenvalue weighted by Crippen LogP contribution is -2.54. The van der Waals surface area contributed by atoms with Crippen LogP contribution in [0.3, 0.4) is 0 Å². The predicted octanol–water partition coefficient (Wildman–Crippen LogP) is 4.91. The van der Waals surface area contributed by atoms with Gasteiger partial charge in [-0.25, -0.2) is 14.5 Å². The van der Waals surface area contributed by atoms with E-state index in [1.807, 2.05) is 41.1 Å². The summed E-state index contributed by atoms with van der Waals surface area (Å²) >= 11 is 3.33. The summed E-state index contributed by atoms with van der Waals surface area (Å²) in [6, 6.07) is 20.6. The summed E-state index contributed by atoms with van der Waals surface area (Å²) in [6.45, 7) is 0.443. The Balaban J connectivity index is 1.54. The van der Waals surface area contributed by atoms with Gasteiger partial charge >= 0.3 is 12.0 Å². The molecule has 0 bridgehead atoms. The highest BCUT2D eigenvalue weighted by Crippen LogP contribution is 2.28. The van der Waals surface area contributed by atoms with Crippen LogP contribution in [-0.4, -0.2) is 35.5 Å². The minimum atomic E-state index is -0.803. The van der Waals surface area contributed by atoms with E-state index < -0.39 is 23.8 Å². The van der Waals surface area contributed by atoms with Crippen molar-refractivity contribution in [2.24, 2.45) is 0 Å². The van der Waals surface area contributed by atoms with Crippen molar-refractivity contribution < 1.29 is 23.9 Å². The Morgan fingerprint density at radius 3 is 2.51 bits per heavy atom. The summed E-state index contributed by atoms with van der Waals surface area (Å²) < 4.78 is 7.58. The quantitative estimate of drug-likeness (QED) is 0.214. The fourth-order valence-electron chi connectivity index (χ4n) is 4.27. The zero-order chi connectivity index (χ0) is 26.1. The van der Waals surface area contributed by atoms with E-state index in [9.17, 15) is 19.2 Å². The maximum absolute atomic E-state index is 13.3. The van der Waals surface area contributed by atoms with E-state index in [-0.39, 0.29) is 5.57 Å². The number of amides is 4. The number of aromatic nitrogens is 1. The molecule has 9 heteroatoms. The Bertz CT molecular complexity index is 1600. The Morgan fingerprint density at radius 2 is 1.76 bits per heavy atom. The number of nitrogens with one attached hydrogen (secondary N) is 1. The van der Waals surface area contributed by atoms with Crippen LogP contribution in [0.4, 0.5) is 10.5 Å². The number of imide groups is 2. The van der Waals surface area contributed by atoms with Gasteiger partial charge in [0.2, 0.25) is 0 Å². The van der Waals surface area contributed by atoms with Gasteiger partial charge in [-0.05, 0) is 54.1 Å². The molecule has 8 nitrogen and oxygen atoms in total. The third kappa shape index (κ3) is 4.68. The van der Waals surface area contributed by atoms with Crippen LogP contribution in [0.1, 0.15) is 21.5 Å². The topological polar surface area (TPSA) is 97.7 Å². The number of esters is 1. The number of urea groups is 1. The second kappa shape index (κ2) is 9.87. The molecule has 0 unspecified atom stereocenters. The minimum Gasteiger partial charge on any atom is -0.465 e. The highest BCUT2D eigenvalue weighted by Gasteiger charge is 2.37. The lowest BCUT2D eigenvalue weighted by atomic mass is 10.1. The molecular formula is C28H20BrN3O5. The monoisotopic (exact) mass is 557 g/mol. The number of ether oxygens (including phenoxy) is 1. The summed E-state index contributed by atoms with van der Waals surface area (Å²) in [4.78, 5) is 51.4. The van der Waals surface area contributed by atoms with Gasteiger partial charge in [-0.1, -0.05) is 46.3 Å². The van der Waals surface area contributed by atoms with Gasteiger partial charge in [0, 0.05) is 33.7 Å². The average molecular weight is 558 g/mol. The molecule has 4 amide bonds. The smallest absolute Gasteiger partial charge is 0.337 e. The van der Waals surface area contributed by atoms with Crippen LogP contribution in [-0.2, 0) is 20.9 Å². The number of methoxy groups -OCH3 is 1. The molecule has 1 N–H and O–H groups in total. The molecule has 1 aromatic heterocycles. The highest BCUT2D eigenvalue weighted by atomic mass is 79.9. The zero-order valence-electron chi connectivity index (χ0n) is 19.6. The number of para-hydroxylation sites is 1. The summed E-state index contributed by atoms with van der Waals surface area (Å²) in [5.74, 6) is -1.89. The number of hydrogen-bond acceptors (Lipinski definition) is 5. The predicted molar refractivity (Wildman–Crippen MR) is 142 cm³/mol. The van der Waals surface area contributed by atoms with Gasteiger partial charge in [-0.2, -0.15) is 0 Å². The van der Waals surface area contributed by atoms with Gasteiger partial charge < -0.3 is 9.30 Å². The molecule has 0 spiro atoms. The first-order chi connectivity index (χ1) is 17.9. The van der Waals surface area contributed by atoms with Crippen molar-refractivity contribution in [2.75, 3.05) is 12.0 Å². The van der Waals surface area contributed by atoms with Gasteiger partial charge in [-0.3, -0.25) is 14.9 Å². The standard InChI is InChI=1S/C28H20BrN3O5/c1-37-27(35)18-6-4-5-17(13-18)15-31-16-19(22-7-2-3-8-24(22)31)14-23-25(33)30-28(36)32(26(23)34)21-11-9-20(29)10-12-21/h2-14,16H,15H2,1H3,(H,30,33,36)/b23-14+. The van der Waals surface area contributed by atoms with Crippen LogP contribution < -0.4 is 10.2 Å². The van der Waals surface area contributed by atoms with Gasteiger partial charge in [0.1, 0.15) is 5.57 Å². The van der Waals surface area contributed by atoms with Crippen molar-refractivity contribution in [1.29, 1.82) is 0 Å². The molecule has 1 saturated heterocycles. The van der Waals surface area contributed by atoms with Gasteiger partial charge in [0.15, 0.2) is 0 Å². The zero-order valence-corrected chi connectivity index (χ0v) is 21.2. The van der Waals surface area contributed by atoms with Gasteiger partial charge in [0.05, 0.1) is 18.4 Å². The Hall–Kier alpha value is -4.50. The molecular weight excluding hydrogens is 538 g/mol. The van der Waals surface area contributed by atoms with Crippen LogP contribution in [0.5, 0.6) is 0 Å². The number of rotatable bonds is 5. The number of barbiturate groups is 1. The van der Waals surface area contributed by atoms with E-state index in [1.54, 1.807) is 42.5 Å². The molecule has 0 aliphatic carbocycles. The van der Waals surface area contributed by atoms with Crippen LogP contribution in [0, 0.1) is 0 Å². The second-order valence-corrected chi connectivity index (χ2v) is 9.27. The van der Waals surface area contributed by atoms with Crippen LogP contribution in [0.25, 0.3) is 17.0 Å². The van der Waals surface area contributed by atoms with Crippen molar-refractivity contribution >= 4 is 62.4 Å². The highest BCUT2D eigenvalue weighted by molar-refractivity contribution is 9.10. The lowest BCUT2D eigenvalue weighted by molar-refractivity contribution is -0.122. The first-order valence-corrected chi connectivity index (χ1v) is 12.1. The number of benzene rings is 3. The molecule has 1 aliphatic heterocycles. The van der Waals surface area contributed by atoms with Crippen molar-refractivity contribution in [3.05, 3.63) is 106 Å². The number of anilines is 1. The third-order valence-electron chi connectivity index (χ3n) is 6.01. The van der Waals surface area contributed by atoms with E-state index in [2.05, 4.69) is 21.2 Å². The average Bonchev–Trinajstić information content (AvgIpc) is 3.24. The van der Waals surface area contributed by atoms with Gasteiger partial charge in [0.25, 0.3) is 11.8 Å². The Morgan fingerprint density at radius 1 is 1.00 bits per heavy atom. The number of nitrogens with zero attached hydrogens (tertiary/aromatic N) is 2. The fourth-order valence-corrected chi connectivity index (χ4v) is 4.53.